The maximum Gasteiger partial charge on any atom is 0.181 e. The summed E-state index contributed by atoms with van der Waals surface area (Å²) in [5.41, 5.74) is 2.91. The van der Waals surface area contributed by atoms with Gasteiger partial charge in [-0.15, -0.1) is 0 Å². The van der Waals surface area contributed by atoms with E-state index in [0.717, 1.165) is 18.4 Å². The van der Waals surface area contributed by atoms with Gasteiger partial charge in [0.1, 0.15) is 5.71 Å². The van der Waals surface area contributed by atoms with E-state index in [4.69, 9.17) is 0 Å². The predicted molar refractivity (Wildman–Crippen MR) is 61.2 cm³/mol. The zero-order chi connectivity index (χ0) is 10.7. The van der Waals surface area contributed by atoms with E-state index in [1.807, 2.05) is 24.3 Å². The summed E-state index contributed by atoms with van der Waals surface area (Å²) < 4.78 is 0. The number of nitrogens with zero attached hydrogens (tertiary/aromatic N) is 1. The summed E-state index contributed by atoms with van der Waals surface area (Å²) in [6.07, 6.45) is 2.64. The molecule has 0 amide bonds. The number of rotatable bonds is 4. The van der Waals surface area contributed by atoms with Crippen molar-refractivity contribution in [1.82, 2.24) is 0 Å². The molecule has 0 spiro atoms. The molecule has 1 aromatic carbocycles. The van der Waals surface area contributed by atoms with Crippen molar-refractivity contribution < 1.29 is 4.79 Å². The second kappa shape index (κ2) is 4.39. The number of ketones is 1. The van der Waals surface area contributed by atoms with Crippen molar-refractivity contribution in [2.24, 2.45) is 4.99 Å². The molecule has 1 aliphatic heterocycles. The number of unbranched alkanes of at least 4 members (excludes halogenated alkanes) is 1. The van der Waals surface area contributed by atoms with Crippen LogP contribution in [-0.2, 0) is 11.3 Å². The van der Waals surface area contributed by atoms with Crippen LogP contribution in [0.5, 0.6) is 0 Å². The lowest BCUT2D eigenvalue weighted by molar-refractivity contribution is -0.113. The third-order valence-corrected chi connectivity index (χ3v) is 2.70. The van der Waals surface area contributed by atoms with Crippen LogP contribution in [0.15, 0.2) is 29.3 Å². The average molecular weight is 201 g/mol. The van der Waals surface area contributed by atoms with Gasteiger partial charge in [0.25, 0.3) is 0 Å². The molecular weight excluding hydrogens is 186 g/mol. The summed E-state index contributed by atoms with van der Waals surface area (Å²) >= 11 is 0. The largest absolute Gasteiger partial charge is 0.292 e. The van der Waals surface area contributed by atoms with E-state index < -0.39 is 0 Å². The quantitative estimate of drug-likeness (QED) is 0.736. The van der Waals surface area contributed by atoms with Crippen LogP contribution in [0.4, 0.5) is 0 Å². The van der Waals surface area contributed by atoms with Gasteiger partial charge < -0.3 is 0 Å². The van der Waals surface area contributed by atoms with E-state index in [0.29, 0.717) is 18.7 Å². The molecule has 1 aromatic rings. The molecule has 0 radical (unpaired) electrons. The number of carbonyl (C=O) groups excluding carboxylic acids is 1. The fourth-order valence-corrected chi connectivity index (χ4v) is 1.83. The zero-order valence-electron chi connectivity index (χ0n) is 8.99. The van der Waals surface area contributed by atoms with Crippen LogP contribution < -0.4 is 0 Å². The van der Waals surface area contributed by atoms with Crippen LogP contribution in [0.1, 0.15) is 37.3 Å². The van der Waals surface area contributed by atoms with Gasteiger partial charge >= 0.3 is 0 Å². The fraction of sp³-hybridized carbons (Fsp3) is 0.385. The Bertz CT molecular complexity index is 407. The Hall–Kier alpha value is -1.44. The highest BCUT2D eigenvalue weighted by Crippen LogP contribution is 2.19. The first kappa shape index (κ1) is 10.1. The maximum absolute atomic E-state index is 11.8. The first-order valence-corrected chi connectivity index (χ1v) is 5.49. The summed E-state index contributed by atoms with van der Waals surface area (Å²) in [5, 5.41) is 0. The minimum atomic E-state index is 0.196. The molecule has 15 heavy (non-hydrogen) atoms. The molecule has 2 heteroatoms. The van der Waals surface area contributed by atoms with Crippen molar-refractivity contribution in [3.05, 3.63) is 35.4 Å². The minimum absolute atomic E-state index is 0.196. The number of carbonyl (C=O) groups is 1. The number of fused-ring (bicyclic) bond motifs is 1. The number of hydrogen-bond acceptors (Lipinski definition) is 2. The maximum atomic E-state index is 11.8. The molecule has 2 rings (SSSR count). The highest BCUT2D eigenvalue weighted by molar-refractivity contribution is 6.47. The minimum Gasteiger partial charge on any atom is -0.292 e. The van der Waals surface area contributed by atoms with Crippen molar-refractivity contribution in [2.45, 2.75) is 32.7 Å². The molecule has 0 aliphatic carbocycles. The lowest BCUT2D eigenvalue weighted by Gasteiger charge is -2.01. The van der Waals surface area contributed by atoms with Gasteiger partial charge in [-0.2, -0.15) is 0 Å². The van der Waals surface area contributed by atoms with Crippen LogP contribution in [-0.4, -0.2) is 11.5 Å². The van der Waals surface area contributed by atoms with Crippen LogP contribution in [0.3, 0.4) is 0 Å². The van der Waals surface area contributed by atoms with Gasteiger partial charge in [0.05, 0.1) is 6.54 Å². The Morgan fingerprint density at radius 2 is 2.20 bits per heavy atom. The van der Waals surface area contributed by atoms with Gasteiger partial charge in [-0.3, -0.25) is 9.79 Å². The molecule has 0 unspecified atom stereocenters. The second-order valence-corrected chi connectivity index (χ2v) is 3.85. The summed E-state index contributed by atoms with van der Waals surface area (Å²) in [5.74, 6) is 0.196. The number of aliphatic imine (C=N–C) groups is 1. The van der Waals surface area contributed by atoms with E-state index in [2.05, 4.69) is 11.9 Å². The molecule has 0 N–H and O–H groups in total. The van der Waals surface area contributed by atoms with Gasteiger partial charge in [-0.25, -0.2) is 0 Å². The summed E-state index contributed by atoms with van der Waals surface area (Å²) in [7, 11) is 0. The van der Waals surface area contributed by atoms with E-state index in [1.54, 1.807) is 0 Å². The Labute approximate surface area is 90.0 Å². The Morgan fingerprint density at radius 3 is 3.00 bits per heavy atom. The van der Waals surface area contributed by atoms with Gasteiger partial charge in [-0.05, 0) is 12.0 Å². The molecular formula is C13H15NO. The normalized spacial score (nSPS) is 13.5. The van der Waals surface area contributed by atoms with Crippen LogP contribution >= 0.6 is 0 Å². The summed E-state index contributed by atoms with van der Waals surface area (Å²) in [6, 6.07) is 7.99. The van der Waals surface area contributed by atoms with E-state index in [-0.39, 0.29) is 5.78 Å². The molecule has 1 heterocycles. The Morgan fingerprint density at radius 1 is 1.40 bits per heavy atom. The smallest absolute Gasteiger partial charge is 0.181 e. The average Bonchev–Trinajstić information content (AvgIpc) is 2.69. The van der Waals surface area contributed by atoms with Crippen LogP contribution in [0.25, 0.3) is 0 Å². The molecule has 0 aromatic heterocycles. The molecule has 0 saturated heterocycles. The molecule has 0 atom stereocenters. The molecule has 2 nitrogen and oxygen atoms in total. The number of Topliss-reactive ketones (excluding diaryl/α,β-unsaturated/α-hetero) is 1. The third kappa shape index (κ3) is 1.99. The van der Waals surface area contributed by atoms with Gasteiger partial charge in [-0.1, -0.05) is 37.6 Å². The van der Waals surface area contributed by atoms with E-state index in [1.165, 1.54) is 5.56 Å². The molecule has 0 bridgehead atoms. The van der Waals surface area contributed by atoms with Crippen LogP contribution in [0.2, 0.25) is 0 Å². The van der Waals surface area contributed by atoms with Crippen molar-refractivity contribution in [2.75, 3.05) is 0 Å². The number of hydrogen-bond donors (Lipinski definition) is 0. The van der Waals surface area contributed by atoms with Crippen LogP contribution in [0, 0.1) is 0 Å². The fourth-order valence-electron chi connectivity index (χ4n) is 1.83. The first-order valence-electron chi connectivity index (χ1n) is 5.49. The summed E-state index contributed by atoms with van der Waals surface area (Å²) in [4.78, 5) is 16.2. The first-order chi connectivity index (χ1) is 7.33. The van der Waals surface area contributed by atoms with Gasteiger partial charge in [0.2, 0.25) is 0 Å². The van der Waals surface area contributed by atoms with E-state index in [9.17, 15) is 4.79 Å². The van der Waals surface area contributed by atoms with Gasteiger partial charge in [0, 0.05) is 12.0 Å². The zero-order valence-corrected chi connectivity index (χ0v) is 8.99. The SMILES string of the molecule is CCCCC(=O)C1=NCc2ccccc21. The van der Waals surface area contributed by atoms with Crippen molar-refractivity contribution in [3.63, 3.8) is 0 Å². The standard InChI is InChI=1S/C13H15NO/c1-2-3-8-12(15)13-11-7-5-4-6-10(11)9-14-13/h4-7H,2-3,8-9H2,1H3. The monoisotopic (exact) mass is 201 g/mol. The lowest BCUT2D eigenvalue weighted by atomic mass is 10.0. The molecule has 0 saturated carbocycles. The van der Waals surface area contributed by atoms with Gasteiger partial charge in [0.15, 0.2) is 5.78 Å². The highest BCUT2D eigenvalue weighted by Gasteiger charge is 2.20. The molecule has 78 valence electrons. The van der Waals surface area contributed by atoms with E-state index >= 15 is 0 Å². The number of benzene rings is 1. The Balaban J connectivity index is 2.16. The van der Waals surface area contributed by atoms with Crippen molar-refractivity contribution in [3.8, 4) is 0 Å². The highest BCUT2D eigenvalue weighted by atomic mass is 16.1. The van der Waals surface area contributed by atoms with Crippen molar-refractivity contribution >= 4 is 11.5 Å². The molecule has 0 fully saturated rings. The second-order valence-electron chi connectivity index (χ2n) is 3.85. The van der Waals surface area contributed by atoms with Crippen molar-refractivity contribution in [1.29, 1.82) is 0 Å². The Kier molecular flexibility index (Phi) is 2.95. The third-order valence-electron chi connectivity index (χ3n) is 2.70. The topological polar surface area (TPSA) is 29.4 Å². The predicted octanol–water partition coefficient (Wildman–Crippen LogP) is 2.75. The lowest BCUT2D eigenvalue weighted by Crippen LogP contribution is -2.13. The molecule has 1 aliphatic rings. The summed E-state index contributed by atoms with van der Waals surface area (Å²) in [6.45, 7) is 2.76.